The Hall–Kier alpha value is -4.06. The maximum atomic E-state index is 12.8. The molecule has 12 nitrogen and oxygen atoms in total. The average molecular weight is 487 g/mol. The first-order chi connectivity index (χ1) is 16.6. The van der Waals surface area contributed by atoms with Crippen LogP contribution in [0.4, 0.5) is 5.82 Å². The Balaban J connectivity index is 1.86. The Kier molecular flexibility index (Phi) is 8.31. The summed E-state index contributed by atoms with van der Waals surface area (Å²) < 4.78 is 22.6. The van der Waals surface area contributed by atoms with E-state index in [1.807, 2.05) is 0 Å². The third-order valence-corrected chi connectivity index (χ3v) is 4.98. The van der Waals surface area contributed by atoms with Crippen molar-refractivity contribution in [3.63, 3.8) is 0 Å². The monoisotopic (exact) mass is 487 g/mol. The van der Waals surface area contributed by atoms with E-state index in [4.69, 9.17) is 18.9 Å². The number of carbonyl (C=O) groups excluding carboxylic acids is 4. The van der Waals surface area contributed by atoms with E-state index in [0.717, 1.165) is 4.57 Å². The maximum absolute atomic E-state index is 12.8. The second-order valence-electron chi connectivity index (χ2n) is 7.72. The zero-order valence-electron chi connectivity index (χ0n) is 19.3. The normalized spacial score (nSPS) is 21.5. The highest BCUT2D eigenvalue weighted by Gasteiger charge is 2.43. The molecular weight excluding hydrogens is 462 g/mol. The molecule has 0 saturated carbocycles. The first-order valence-electron chi connectivity index (χ1n) is 10.7. The van der Waals surface area contributed by atoms with E-state index in [-0.39, 0.29) is 18.8 Å². The van der Waals surface area contributed by atoms with E-state index >= 15 is 0 Å². The standard InChI is InChI=1S/C23H25N3O9/c1-13(27)32-12-19-17(33-14(2)28)11-18(34-15(3)29)22(35-19)26-10-9-20(25-23(26)31)24-21(30)16-7-5-4-6-8-16/h4-10,17-19,22H,11-12H2,1-3H3,(H,24,25,30,31)/t17-,18-,19-,22-/m1/s1. The van der Waals surface area contributed by atoms with Crippen LogP contribution in [0.15, 0.2) is 47.4 Å². The number of nitrogens with one attached hydrogen (secondary N) is 1. The van der Waals surface area contributed by atoms with Crippen molar-refractivity contribution in [3.05, 3.63) is 58.6 Å². The van der Waals surface area contributed by atoms with Gasteiger partial charge < -0.3 is 24.3 Å². The topological polar surface area (TPSA) is 152 Å². The molecule has 0 unspecified atom stereocenters. The lowest BCUT2D eigenvalue weighted by Gasteiger charge is -2.40. The van der Waals surface area contributed by atoms with Gasteiger partial charge in [0.05, 0.1) is 0 Å². The second kappa shape index (κ2) is 11.4. The van der Waals surface area contributed by atoms with Crippen molar-refractivity contribution >= 4 is 29.6 Å². The van der Waals surface area contributed by atoms with Gasteiger partial charge in [0, 0.05) is 39.0 Å². The number of hydrogen-bond donors (Lipinski definition) is 1. The molecule has 186 valence electrons. The first kappa shape index (κ1) is 25.6. The number of anilines is 1. The van der Waals surface area contributed by atoms with Crippen molar-refractivity contribution < 1.29 is 38.1 Å². The number of amides is 1. The largest absolute Gasteiger partial charge is 0.463 e. The van der Waals surface area contributed by atoms with Gasteiger partial charge in [0.1, 0.15) is 24.6 Å². The van der Waals surface area contributed by atoms with E-state index in [9.17, 15) is 24.0 Å². The van der Waals surface area contributed by atoms with Crippen LogP contribution in [0.5, 0.6) is 0 Å². The number of hydrogen-bond acceptors (Lipinski definition) is 10. The Labute approximate surface area is 200 Å². The third-order valence-electron chi connectivity index (χ3n) is 4.98. The van der Waals surface area contributed by atoms with Crippen molar-refractivity contribution in [2.75, 3.05) is 11.9 Å². The van der Waals surface area contributed by atoms with E-state index in [0.29, 0.717) is 5.56 Å². The number of ether oxygens (including phenoxy) is 4. The summed E-state index contributed by atoms with van der Waals surface area (Å²) in [5.41, 5.74) is -0.413. The summed E-state index contributed by atoms with van der Waals surface area (Å²) in [5, 5.41) is 2.54. The highest BCUT2D eigenvalue weighted by molar-refractivity contribution is 6.03. The summed E-state index contributed by atoms with van der Waals surface area (Å²) in [7, 11) is 0. The van der Waals surface area contributed by atoms with Gasteiger partial charge in [-0.25, -0.2) is 4.79 Å². The third kappa shape index (κ3) is 6.96. The van der Waals surface area contributed by atoms with Gasteiger partial charge in [-0.2, -0.15) is 4.98 Å². The number of esters is 3. The quantitative estimate of drug-likeness (QED) is 0.445. The smallest absolute Gasteiger partial charge is 0.351 e. The van der Waals surface area contributed by atoms with E-state index < -0.39 is 54.0 Å². The van der Waals surface area contributed by atoms with Crippen LogP contribution in [-0.2, 0) is 33.3 Å². The van der Waals surface area contributed by atoms with Crippen LogP contribution < -0.4 is 11.0 Å². The minimum absolute atomic E-state index is 0.00852. The Morgan fingerprint density at radius 2 is 1.66 bits per heavy atom. The van der Waals surface area contributed by atoms with Crippen molar-refractivity contribution in [2.45, 2.75) is 51.7 Å². The molecule has 1 aromatic carbocycles. The number of nitrogens with zero attached hydrogens (tertiary/aromatic N) is 2. The molecule has 1 N–H and O–H groups in total. The summed E-state index contributed by atoms with van der Waals surface area (Å²) in [5.74, 6) is -2.27. The predicted molar refractivity (Wildman–Crippen MR) is 119 cm³/mol. The highest BCUT2D eigenvalue weighted by Crippen LogP contribution is 2.31. The van der Waals surface area contributed by atoms with Gasteiger partial charge in [-0.1, -0.05) is 18.2 Å². The molecule has 1 fully saturated rings. The van der Waals surface area contributed by atoms with Crippen LogP contribution in [0.3, 0.4) is 0 Å². The molecule has 1 saturated heterocycles. The molecule has 12 heteroatoms. The SMILES string of the molecule is CC(=O)OC[C@H]1O[C@@H](n2ccc(NC(=O)c3ccccc3)nc2=O)[C@H](OC(C)=O)C[C@H]1OC(C)=O. The molecular formula is C23H25N3O9. The van der Waals surface area contributed by atoms with Crippen molar-refractivity contribution in [1.29, 1.82) is 0 Å². The molecule has 1 aliphatic heterocycles. The molecule has 2 heterocycles. The molecule has 0 bridgehead atoms. The summed E-state index contributed by atoms with van der Waals surface area (Å²) in [6, 6.07) is 9.77. The number of carbonyl (C=O) groups is 4. The molecule has 4 atom stereocenters. The Morgan fingerprint density at radius 3 is 2.26 bits per heavy atom. The minimum Gasteiger partial charge on any atom is -0.463 e. The van der Waals surface area contributed by atoms with Crippen molar-refractivity contribution in [2.24, 2.45) is 0 Å². The Bertz CT molecular complexity index is 1150. The molecule has 3 rings (SSSR count). The molecule has 1 amide bonds. The van der Waals surface area contributed by atoms with E-state index in [2.05, 4.69) is 10.3 Å². The summed E-state index contributed by atoms with van der Waals surface area (Å²) in [6.07, 6.45) is -2.72. The molecule has 1 aromatic heterocycles. The van der Waals surface area contributed by atoms with Gasteiger partial charge in [-0.3, -0.25) is 23.7 Å². The van der Waals surface area contributed by atoms with Crippen molar-refractivity contribution in [3.8, 4) is 0 Å². The Morgan fingerprint density at radius 1 is 1.00 bits per heavy atom. The maximum Gasteiger partial charge on any atom is 0.351 e. The molecule has 0 spiro atoms. The fourth-order valence-electron chi connectivity index (χ4n) is 3.55. The molecule has 2 aromatic rings. The number of aromatic nitrogens is 2. The van der Waals surface area contributed by atoms with Crippen LogP contribution in [0, 0.1) is 0 Å². The zero-order valence-corrected chi connectivity index (χ0v) is 19.3. The van der Waals surface area contributed by atoms with Crippen LogP contribution >= 0.6 is 0 Å². The van der Waals surface area contributed by atoms with E-state index in [1.165, 1.54) is 33.0 Å². The molecule has 0 aliphatic carbocycles. The lowest BCUT2D eigenvalue weighted by atomic mass is 10.0. The number of benzene rings is 1. The predicted octanol–water partition coefficient (Wildman–Crippen LogP) is 1.21. The summed E-state index contributed by atoms with van der Waals surface area (Å²) >= 11 is 0. The van der Waals surface area contributed by atoms with Crippen LogP contribution in [-0.4, -0.2) is 58.3 Å². The summed E-state index contributed by atoms with van der Waals surface area (Å²) in [4.78, 5) is 63.6. The summed E-state index contributed by atoms with van der Waals surface area (Å²) in [6.45, 7) is 3.34. The lowest BCUT2D eigenvalue weighted by Crippen LogP contribution is -2.51. The first-order valence-corrected chi connectivity index (χ1v) is 10.7. The average Bonchev–Trinajstić information content (AvgIpc) is 2.78. The van der Waals surface area contributed by atoms with Gasteiger partial charge in [0.25, 0.3) is 5.91 Å². The van der Waals surface area contributed by atoms with Crippen molar-refractivity contribution in [1.82, 2.24) is 9.55 Å². The number of rotatable bonds is 7. The lowest BCUT2D eigenvalue weighted by molar-refractivity contribution is -0.228. The fourth-order valence-corrected chi connectivity index (χ4v) is 3.55. The highest BCUT2D eigenvalue weighted by atomic mass is 16.6. The fraction of sp³-hybridized carbons (Fsp3) is 0.391. The van der Waals surface area contributed by atoms with Gasteiger partial charge >= 0.3 is 23.6 Å². The van der Waals surface area contributed by atoms with Crippen LogP contribution in [0.2, 0.25) is 0 Å². The molecule has 0 radical (unpaired) electrons. The molecule has 1 aliphatic rings. The van der Waals surface area contributed by atoms with E-state index in [1.54, 1.807) is 30.3 Å². The van der Waals surface area contributed by atoms with Crippen LogP contribution in [0.1, 0.15) is 43.8 Å². The van der Waals surface area contributed by atoms with Gasteiger partial charge in [0.15, 0.2) is 12.3 Å². The van der Waals surface area contributed by atoms with Gasteiger partial charge in [-0.15, -0.1) is 0 Å². The zero-order chi connectivity index (χ0) is 25.5. The van der Waals surface area contributed by atoms with Gasteiger partial charge in [-0.05, 0) is 18.2 Å². The minimum atomic E-state index is -1.16. The molecule has 35 heavy (non-hydrogen) atoms. The van der Waals surface area contributed by atoms with Gasteiger partial charge in [0.2, 0.25) is 0 Å². The van der Waals surface area contributed by atoms with Crippen LogP contribution in [0.25, 0.3) is 0 Å². The second-order valence-corrected chi connectivity index (χ2v) is 7.72.